The molecule has 0 aromatic rings. The fraction of sp³-hybridized carbons (Fsp3) is 1.00. The van der Waals surface area contributed by atoms with Gasteiger partial charge in [0.25, 0.3) is 10.2 Å². The molecule has 1 saturated heterocycles. The number of rotatable bonds is 8. The van der Waals surface area contributed by atoms with Gasteiger partial charge in [-0.05, 0) is 39.4 Å². The maximum Gasteiger partial charge on any atom is 0.451 e. The van der Waals surface area contributed by atoms with Crippen LogP contribution in [0, 0.1) is 5.92 Å². The van der Waals surface area contributed by atoms with Gasteiger partial charge in [0.05, 0.1) is 0 Å². The first-order valence-corrected chi connectivity index (χ1v) is 8.98. The molecule has 1 aliphatic rings. The van der Waals surface area contributed by atoms with Crippen LogP contribution in [0.1, 0.15) is 33.6 Å². The van der Waals surface area contributed by atoms with E-state index in [1.54, 1.807) is 13.8 Å². The van der Waals surface area contributed by atoms with Gasteiger partial charge < -0.3 is 21.5 Å². The van der Waals surface area contributed by atoms with Crippen LogP contribution in [0.3, 0.4) is 0 Å². The molecule has 1 heterocycles. The molecule has 1 rings (SSSR count). The third kappa shape index (κ3) is 5.45. The minimum atomic E-state index is -3.65. The van der Waals surface area contributed by atoms with Gasteiger partial charge in [-0.3, -0.25) is 0 Å². The van der Waals surface area contributed by atoms with Crippen molar-refractivity contribution in [3.05, 3.63) is 0 Å². The maximum absolute atomic E-state index is 12.4. The van der Waals surface area contributed by atoms with E-state index in [1.807, 2.05) is 6.92 Å². The number of hydrogen-bond donors (Lipinski definition) is 5. The molecule has 0 aliphatic carbocycles. The average molecular weight is 336 g/mol. The molecular weight excluding hydrogens is 307 g/mol. The van der Waals surface area contributed by atoms with Gasteiger partial charge in [-0.15, -0.1) is 0 Å². The van der Waals surface area contributed by atoms with Crippen LogP contribution in [-0.2, 0) is 10.2 Å². The molecule has 1 aliphatic heterocycles. The van der Waals surface area contributed by atoms with Crippen LogP contribution in [0.4, 0.5) is 0 Å². The van der Waals surface area contributed by atoms with E-state index < -0.39 is 28.4 Å². The molecule has 0 spiro atoms. The highest BCUT2D eigenvalue weighted by molar-refractivity contribution is 7.87. The summed E-state index contributed by atoms with van der Waals surface area (Å²) in [6.07, 6.45) is 1.50. The summed E-state index contributed by atoms with van der Waals surface area (Å²) in [5.74, 6) is -0.0242. The summed E-state index contributed by atoms with van der Waals surface area (Å²) in [5, 5.41) is 17.8. The van der Waals surface area contributed by atoms with Gasteiger partial charge >= 0.3 is 7.12 Å². The molecule has 8 nitrogen and oxygen atoms in total. The van der Waals surface area contributed by atoms with Crippen molar-refractivity contribution >= 4 is 17.3 Å². The Bertz CT molecular complexity index is 470. The Balaban J connectivity index is 2.71. The molecule has 0 bridgehead atoms. The van der Waals surface area contributed by atoms with Crippen molar-refractivity contribution in [3.8, 4) is 0 Å². The molecule has 2 atom stereocenters. The zero-order valence-electron chi connectivity index (χ0n) is 13.6. The van der Waals surface area contributed by atoms with Crippen molar-refractivity contribution in [2.75, 3.05) is 19.6 Å². The van der Waals surface area contributed by atoms with Crippen LogP contribution in [0.2, 0.25) is 6.32 Å². The van der Waals surface area contributed by atoms with Crippen LogP contribution < -0.4 is 16.2 Å². The van der Waals surface area contributed by atoms with Crippen LogP contribution >= 0.6 is 0 Å². The van der Waals surface area contributed by atoms with Crippen LogP contribution in [0.5, 0.6) is 0 Å². The monoisotopic (exact) mass is 336 g/mol. The second kappa shape index (κ2) is 7.12. The molecule has 0 radical (unpaired) electrons. The number of nitrogens with one attached hydrogen (secondary N) is 1. The van der Waals surface area contributed by atoms with Crippen molar-refractivity contribution in [2.24, 2.45) is 17.4 Å². The predicted octanol–water partition coefficient (Wildman–Crippen LogP) is -1.54. The SMILES string of the molecule is CC(C)(CN)NS(=O)(=O)N1C[C@H](CCCB(O)O)[C@@](C)(N)C1. The first-order valence-electron chi connectivity index (χ1n) is 7.54. The summed E-state index contributed by atoms with van der Waals surface area (Å²) in [6.45, 7) is 6.03. The lowest BCUT2D eigenvalue weighted by molar-refractivity contribution is 0.343. The van der Waals surface area contributed by atoms with Gasteiger partial charge in [0.2, 0.25) is 0 Å². The Morgan fingerprint density at radius 3 is 2.55 bits per heavy atom. The van der Waals surface area contributed by atoms with E-state index in [1.165, 1.54) is 4.31 Å². The van der Waals surface area contributed by atoms with Crippen molar-refractivity contribution in [2.45, 2.75) is 51.0 Å². The van der Waals surface area contributed by atoms with Crippen molar-refractivity contribution in [3.63, 3.8) is 0 Å². The van der Waals surface area contributed by atoms with Crippen molar-refractivity contribution in [1.29, 1.82) is 0 Å². The number of nitrogens with two attached hydrogens (primary N) is 2. The summed E-state index contributed by atoms with van der Waals surface area (Å²) >= 11 is 0. The highest BCUT2D eigenvalue weighted by Gasteiger charge is 2.45. The Hall–Kier alpha value is -0.225. The second-order valence-corrected chi connectivity index (χ2v) is 8.77. The third-order valence-corrected chi connectivity index (χ3v) is 5.91. The largest absolute Gasteiger partial charge is 0.451 e. The molecule has 0 aromatic carbocycles. The van der Waals surface area contributed by atoms with E-state index in [9.17, 15) is 8.42 Å². The normalized spacial score (nSPS) is 27.3. The molecule has 7 N–H and O–H groups in total. The smallest absolute Gasteiger partial charge is 0.427 e. The van der Waals surface area contributed by atoms with Gasteiger partial charge in [-0.25, -0.2) is 0 Å². The maximum atomic E-state index is 12.4. The van der Waals surface area contributed by atoms with E-state index >= 15 is 0 Å². The van der Waals surface area contributed by atoms with E-state index in [4.69, 9.17) is 21.5 Å². The van der Waals surface area contributed by atoms with Crippen LogP contribution in [0.25, 0.3) is 0 Å². The van der Waals surface area contributed by atoms with E-state index in [0.717, 1.165) is 0 Å². The number of hydrogen-bond acceptors (Lipinski definition) is 6. The van der Waals surface area contributed by atoms with E-state index in [2.05, 4.69) is 4.72 Å². The van der Waals surface area contributed by atoms with E-state index in [0.29, 0.717) is 19.4 Å². The first-order chi connectivity index (χ1) is 9.89. The summed E-state index contributed by atoms with van der Waals surface area (Å²) in [6, 6.07) is 0. The third-order valence-electron chi connectivity index (χ3n) is 4.14. The summed E-state index contributed by atoms with van der Waals surface area (Å²) in [5.41, 5.74) is 10.5. The van der Waals surface area contributed by atoms with Crippen LogP contribution in [-0.4, -0.2) is 60.6 Å². The fourth-order valence-corrected chi connectivity index (χ4v) is 4.37. The lowest BCUT2D eigenvalue weighted by Gasteiger charge is -2.28. The first kappa shape index (κ1) is 19.8. The Morgan fingerprint density at radius 2 is 2.05 bits per heavy atom. The molecule has 130 valence electrons. The van der Waals surface area contributed by atoms with Gasteiger partial charge in [-0.2, -0.15) is 17.4 Å². The quantitative estimate of drug-likeness (QED) is 0.340. The van der Waals surface area contributed by atoms with Gasteiger partial charge in [0.15, 0.2) is 0 Å². The van der Waals surface area contributed by atoms with Gasteiger partial charge in [-0.1, -0.05) is 6.42 Å². The van der Waals surface area contributed by atoms with E-state index in [-0.39, 0.29) is 25.3 Å². The molecule has 1 fully saturated rings. The molecule has 0 saturated carbocycles. The highest BCUT2D eigenvalue weighted by Crippen LogP contribution is 2.31. The topological polar surface area (TPSA) is 142 Å². The van der Waals surface area contributed by atoms with Crippen LogP contribution in [0.15, 0.2) is 0 Å². The standard InChI is InChI=1S/C12H29BN4O4S/c1-11(2,8-14)16-22(20,21)17-7-10(12(3,15)9-17)5-4-6-13(18)19/h10,16,18-19H,4-9,14-15H2,1-3H3/t10-,12-/m0/s1. The molecular formula is C12H29BN4O4S. The lowest BCUT2D eigenvalue weighted by Crippen LogP contribution is -2.54. The Morgan fingerprint density at radius 1 is 1.45 bits per heavy atom. The summed E-state index contributed by atoms with van der Waals surface area (Å²) in [4.78, 5) is 0. The Kier molecular flexibility index (Phi) is 6.42. The lowest BCUT2D eigenvalue weighted by atomic mass is 9.79. The number of nitrogens with zero attached hydrogens (tertiary/aromatic N) is 1. The van der Waals surface area contributed by atoms with Crippen molar-refractivity contribution in [1.82, 2.24) is 9.03 Å². The molecule has 10 heteroatoms. The fourth-order valence-electron chi connectivity index (χ4n) is 2.63. The molecule has 22 heavy (non-hydrogen) atoms. The minimum absolute atomic E-state index is 0.0242. The Labute approximate surface area is 133 Å². The average Bonchev–Trinajstić information content (AvgIpc) is 2.64. The van der Waals surface area contributed by atoms with Crippen molar-refractivity contribution < 1.29 is 18.5 Å². The molecule has 0 amide bonds. The summed E-state index contributed by atoms with van der Waals surface area (Å²) in [7, 11) is -4.99. The molecule has 0 unspecified atom stereocenters. The molecule has 0 aromatic heterocycles. The minimum Gasteiger partial charge on any atom is -0.427 e. The predicted molar refractivity (Wildman–Crippen MR) is 87.1 cm³/mol. The van der Waals surface area contributed by atoms with Gasteiger partial charge in [0.1, 0.15) is 0 Å². The summed E-state index contributed by atoms with van der Waals surface area (Å²) < 4.78 is 28.8. The highest BCUT2D eigenvalue weighted by atomic mass is 32.2. The van der Waals surface area contributed by atoms with Gasteiger partial charge in [0, 0.05) is 30.7 Å². The zero-order chi connectivity index (χ0) is 17.2. The second-order valence-electron chi connectivity index (χ2n) is 7.10. The zero-order valence-corrected chi connectivity index (χ0v) is 14.4.